The van der Waals surface area contributed by atoms with Crippen molar-refractivity contribution in [2.24, 2.45) is 23.7 Å². The van der Waals surface area contributed by atoms with Crippen LogP contribution in [0.25, 0.3) is 0 Å². The fraction of sp³-hybridized carbons (Fsp3) is 1.00. The maximum Gasteiger partial charge on any atom is 0.472 e. The van der Waals surface area contributed by atoms with Gasteiger partial charge in [-0.3, -0.25) is 18.1 Å². The molecule has 0 aromatic heterocycles. The summed E-state index contributed by atoms with van der Waals surface area (Å²) in [6, 6.07) is 0. The minimum absolute atomic E-state index is 0.322. The number of hydrogen-bond acceptors (Lipinski definition) is 6. The summed E-state index contributed by atoms with van der Waals surface area (Å²) in [4.78, 5) is 19.4. The molecule has 0 aromatic carbocycles. The molecule has 0 aromatic rings. The van der Waals surface area contributed by atoms with Crippen LogP contribution in [0.3, 0.4) is 0 Å². The molecule has 4 atom stereocenters. The van der Waals surface area contributed by atoms with E-state index in [9.17, 15) is 18.9 Å². The Morgan fingerprint density at radius 2 is 0.374 bits per heavy atom. The molecule has 0 fully saturated rings. The number of phosphoric ester groups is 2. The first-order chi connectivity index (χ1) is 44.2. The summed E-state index contributed by atoms with van der Waals surface area (Å²) in [5.74, 6) is 4.11. The Balaban J connectivity index is -0.00000128. The van der Waals surface area contributed by atoms with Crippen LogP contribution in [0.15, 0.2) is 0 Å². The minimum Gasteiger partial charge on any atom is -0.302 e. The topological polar surface area (TPSA) is 112 Å². The molecule has 0 heterocycles. The summed E-state index contributed by atoms with van der Waals surface area (Å²) < 4.78 is 50.9. The zero-order valence-electron chi connectivity index (χ0n) is 64.3. The van der Waals surface area contributed by atoms with E-state index in [0.29, 0.717) is 26.4 Å². The molecule has 0 saturated heterocycles. The van der Waals surface area contributed by atoms with Crippen LogP contribution in [0, 0.1) is 23.7 Å². The summed E-state index contributed by atoms with van der Waals surface area (Å²) in [6.07, 6.45) is 72.8. The SMILES string of the molecule is CCCCC(CC)[CH2][Ti-2]([CH2]C(CC)CCCC)([CH2]C(CC)CCCC)[CH2]C(CC)CCCC.CCCCCCCCCCCCOP(=O)(O)OCCCCCCCCCCCC.CCCCCCCCCCCCOP(=O)(O)OCCCCCCCCCCCC. The Labute approximate surface area is 577 Å². The van der Waals surface area contributed by atoms with Crippen LogP contribution >= 0.6 is 15.6 Å². The van der Waals surface area contributed by atoms with Crippen LogP contribution in [-0.2, 0) is 43.8 Å². The van der Waals surface area contributed by atoms with Crippen molar-refractivity contribution >= 4 is 15.6 Å². The summed E-state index contributed by atoms with van der Waals surface area (Å²) in [5.41, 5.74) is 0. The van der Waals surface area contributed by atoms with E-state index in [-0.39, 0.29) is 0 Å². The van der Waals surface area contributed by atoms with Gasteiger partial charge >= 0.3 is 233 Å². The molecule has 0 amide bonds. The van der Waals surface area contributed by atoms with E-state index in [1.807, 2.05) is 0 Å². The summed E-state index contributed by atoms with van der Waals surface area (Å²) in [6.45, 7) is 29.9. The number of rotatable bonds is 72. The molecule has 0 rings (SSSR count). The average Bonchev–Trinajstić information content (AvgIpc) is 1.38. The third kappa shape index (κ3) is 70.6. The average molecular weight is 1370 g/mol. The largest absolute Gasteiger partial charge is 0.472 e. The van der Waals surface area contributed by atoms with Gasteiger partial charge in [0.2, 0.25) is 0 Å². The van der Waals surface area contributed by atoms with Gasteiger partial charge in [-0.25, -0.2) is 9.13 Å². The van der Waals surface area contributed by atoms with E-state index >= 15 is 0 Å². The molecule has 0 bridgehead atoms. The predicted octanol–water partition coefficient (Wildman–Crippen LogP) is 30.6. The van der Waals surface area contributed by atoms with E-state index in [1.54, 1.807) is 18.9 Å². The van der Waals surface area contributed by atoms with E-state index in [1.165, 1.54) is 308 Å². The molecule has 0 saturated carbocycles. The van der Waals surface area contributed by atoms with Gasteiger partial charge in [0.15, 0.2) is 0 Å². The third-order valence-corrected chi connectivity index (χ3v) is 31.1. The number of phosphoric acid groups is 2. The van der Waals surface area contributed by atoms with Crippen LogP contribution in [-0.4, -0.2) is 36.2 Å². The molecule has 554 valence electrons. The number of hydrogen-bond donors (Lipinski definition) is 2. The van der Waals surface area contributed by atoms with Gasteiger partial charge in [-0.2, -0.15) is 0 Å². The van der Waals surface area contributed by atoms with Crippen molar-refractivity contribution < 1.29 is 53.6 Å². The summed E-state index contributed by atoms with van der Waals surface area (Å²) in [7, 11) is -7.69. The second-order valence-electron chi connectivity index (χ2n) is 29.0. The predicted molar refractivity (Wildman–Crippen MR) is 403 cm³/mol. The monoisotopic (exact) mass is 1370 g/mol. The Morgan fingerprint density at radius 1 is 0.231 bits per heavy atom. The van der Waals surface area contributed by atoms with Gasteiger partial charge in [-0.05, 0) is 25.7 Å². The summed E-state index contributed by atoms with van der Waals surface area (Å²) in [5, 5.41) is 0. The fourth-order valence-corrected chi connectivity index (χ4v) is 27.8. The van der Waals surface area contributed by atoms with Crippen LogP contribution in [0.1, 0.15) is 443 Å². The van der Waals surface area contributed by atoms with Gasteiger partial charge in [0.05, 0.1) is 26.4 Å². The van der Waals surface area contributed by atoms with Gasteiger partial charge in [0.25, 0.3) is 0 Å². The molecule has 11 heteroatoms. The van der Waals surface area contributed by atoms with E-state index in [4.69, 9.17) is 18.1 Å². The molecule has 2 N–H and O–H groups in total. The van der Waals surface area contributed by atoms with Gasteiger partial charge < -0.3 is 9.79 Å². The second-order valence-corrected chi connectivity index (χ2v) is 39.1. The van der Waals surface area contributed by atoms with Crippen LogP contribution in [0.5, 0.6) is 0 Å². The van der Waals surface area contributed by atoms with Crippen molar-refractivity contribution in [3.8, 4) is 0 Å². The molecule has 4 unspecified atom stereocenters. The quantitative estimate of drug-likeness (QED) is 0.0352. The maximum absolute atomic E-state index is 11.8. The van der Waals surface area contributed by atoms with E-state index < -0.39 is 32.2 Å². The standard InChI is InChI=1S/2C24H51O4P.4C8H17.Ti/c2*1-3-5-7-9-11-13-15-17-19-21-23-27-29(25,26)28-24-22-20-18-16-14-12-10-8-6-4-2;4*1-4-6-7-8(3)5-2;/h2*3-24H2,1-2H3,(H,25,26);4*8H,3-7H2,1-2H3;/q;;;;;;-2. The molecule has 8 nitrogen and oxygen atoms in total. The normalized spacial score (nSPS) is 14.3. The van der Waals surface area contributed by atoms with E-state index in [2.05, 4.69) is 83.1 Å². The van der Waals surface area contributed by atoms with Crippen molar-refractivity contribution in [2.45, 2.75) is 462 Å². The Hall–Kier alpha value is 0.934. The maximum atomic E-state index is 11.8. The Kier molecular flexibility index (Phi) is 79.4. The van der Waals surface area contributed by atoms with Crippen molar-refractivity contribution in [2.75, 3.05) is 26.4 Å². The Bertz CT molecular complexity index is 1270. The molecular weight excluding hydrogens is 1200 g/mol. The first-order valence-corrected chi connectivity index (χ1v) is 48.9. The third-order valence-electron chi connectivity index (χ3n) is 20.1. The number of unbranched alkanes of at least 4 members (excludes halogenated alkanes) is 40. The van der Waals surface area contributed by atoms with Crippen molar-refractivity contribution in [3.05, 3.63) is 0 Å². The smallest absolute Gasteiger partial charge is 0.302 e. The second kappa shape index (κ2) is 75.1. The van der Waals surface area contributed by atoms with Gasteiger partial charge in [-0.15, -0.1) is 0 Å². The molecule has 0 spiro atoms. The van der Waals surface area contributed by atoms with Crippen LogP contribution < -0.4 is 0 Å². The van der Waals surface area contributed by atoms with Crippen LogP contribution in [0.2, 0.25) is 18.9 Å². The zero-order valence-corrected chi connectivity index (χ0v) is 67.7. The van der Waals surface area contributed by atoms with Crippen molar-refractivity contribution in [1.29, 1.82) is 0 Å². The molecule has 0 aliphatic carbocycles. The first-order valence-electron chi connectivity index (χ1n) is 41.4. The van der Waals surface area contributed by atoms with Gasteiger partial charge in [0, 0.05) is 0 Å². The van der Waals surface area contributed by atoms with Gasteiger partial charge in [-0.1, -0.05) is 259 Å². The van der Waals surface area contributed by atoms with Crippen molar-refractivity contribution in [3.63, 3.8) is 0 Å². The molecule has 91 heavy (non-hydrogen) atoms. The summed E-state index contributed by atoms with van der Waals surface area (Å²) >= 11 is -2.00. The van der Waals surface area contributed by atoms with Gasteiger partial charge in [0.1, 0.15) is 0 Å². The molecular formula is C80H170O8P2Ti-2. The first kappa shape index (κ1) is 96.1. The minimum atomic E-state index is -3.85. The molecule has 0 radical (unpaired) electrons. The molecule has 0 aliphatic rings. The van der Waals surface area contributed by atoms with Crippen molar-refractivity contribution in [1.82, 2.24) is 0 Å². The van der Waals surface area contributed by atoms with Crippen LogP contribution in [0.4, 0.5) is 0 Å². The zero-order chi connectivity index (χ0) is 67.9. The van der Waals surface area contributed by atoms with E-state index in [0.717, 1.165) is 75.0 Å². The Morgan fingerprint density at radius 3 is 0.516 bits per heavy atom. The molecule has 0 aliphatic heterocycles. The fourth-order valence-electron chi connectivity index (χ4n) is 13.9.